The molecular formula is C29H29N3. The molecule has 0 radical (unpaired) electrons. The zero-order valence-corrected chi connectivity index (χ0v) is 19.4. The monoisotopic (exact) mass is 419 g/mol. The summed E-state index contributed by atoms with van der Waals surface area (Å²) in [6.07, 6.45) is 1.90. The van der Waals surface area contributed by atoms with Crippen molar-refractivity contribution >= 4 is 43.7 Å². The smallest absolute Gasteiger partial charge is 0.0962 e. The van der Waals surface area contributed by atoms with E-state index in [2.05, 4.69) is 96.8 Å². The van der Waals surface area contributed by atoms with Crippen molar-refractivity contribution in [2.45, 2.75) is 33.6 Å². The Morgan fingerprint density at radius 2 is 1.31 bits per heavy atom. The molecule has 3 heterocycles. The van der Waals surface area contributed by atoms with Crippen molar-refractivity contribution in [2.24, 2.45) is 7.05 Å². The molecule has 0 bridgehead atoms. The summed E-state index contributed by atoms with van der Waals surface area (Å²) in [6, 6.07) is 26.2. The number of hydrogen-bond acceptors (Lipinski definition) is 1. The lowest BCUT2D eigenvalue weighted by Gasteiger charge is -2.14. The molecule has 32 heavy (non-hydrogen) atoms. The zero-order chi connectivity index (χ0) is 22.4. The maximum Gasteiger partial charge on any atom is 0.0962 e. The second kappa shape index (κ2) is 7.83. The van der Waals surface area contributed by atoms with Gasteiger partial charge in [0.25, 0.3) is 0 Å². The minimum absolute atomic E-state index is 0.396. The number of hydrogen-bond donors (Lipinski definition) is 0. The minimum Gasteiger partial charge on any atom is -0.342 e. The summed E-state index contributed by atoms with van der Waals surface area (Å²) >= 11 is 0. The lowest BCUT2D eigenvalue weighted by Crippen LogP contribution is -1.99. The maximum atomic E-state index is 4.74. The van der Waals surface area contributed by atoms with E-state index in [0.717, 1.165) is 5.52 Å². The van der Waals surface area contributed by atoms with Crippen molar-refractivity contribution in [3.8, 4) is 5.69 Å². The normalized spacial score (nSPS) is 11.6. The molecule has 0 aliphatic heterocycles. The Balaban J connectivity index is 0.00000105. The lowest BCUT2D eigenvalue weighted by molar-refractivity contribution is 0.874. The molecule has 0 amide bonds. The second-order valence-electron chi connectivity index (χ2n) is 8.38. The molecule has 3 aromatic heterocycles. The molecule has 0 fully saturated rings. The number of fused-ring (bicyclic) bond motifs is 6. The van der Waals surface area contributed by atoms with E-state index in [9.17, 15) is 0 Å². The van der Waals surface area contributed by atoms with E-state index in [0.29, 0.717) is 5.92 Å². The van der Waals surface area contributed by atoms with E-state index >= 15 is 0 Å². The first-order valence-corrected chi connectivity index (χ1v) is 11.5. The first kappa shape index (κ1) is 20.3. The van der Waals surface area contributed by atoms with Crippen LogP contribution in [0.3, 0.4) is 0 Å². The van der Waals surface area contributed by atoms with E-state index < -0.39 is 0 Å². The highest BCUT2D eigenvalue weighted by Crippen LogP contribution is 2.38. The van der Waals surface area contributed by atoms with Crippen LogP contribution in [0.25, 0.3) is 49.4 Å². The van der Waals surface area contributed by atoms with E-state index in [1.54, 1.807) is 0 Å². The van der Waals surface area contributed by atoms with Crippen LogP contribution in [-0.4, -0.2) is 14.1 Å². The molecule has 0 saturated heterocycles. The third kappa shape index (κ3) is 2.85. The lowest BCUT2D eigenvalue weighted by atomic mass is 9.97. The Morgan fingerprint density at radius 1 is 0.719 bits per heavy atom. The number of aromatic nitrogens is 3. The fraction of sp³-hybridized carbons (Fsp3) is 0.207. The highest BCUT2D eigenvalue weighted by molar-refractivity contribution is 6.11. The van der Waals surface area contributed by atoms with Crippen molar-refractivity contribution in [2.75, 3.05) is 0 Å². The van der Waals surface area contributed by atoms with Gasteiger partial charge in [-0.05, 0) is 47.9 Å². The van der Waals surface area contributed by atoms with E-state index in [1.165, 1.54) is 49.5 Å². The summed E-state index contributed by atoms with van der Waals surface area (Å²) < 4.78 is 4.68. The molecule has 6 aromatic rings. The standard InChI is InChI=1S/C27H23N3.C2H6/c1-17(2)21-15-18(16-25-26(21)27-24(29(25)3)13-8-14-28-27)30-22-11-6-4-9-19(22)20-10-5-7-12-23(20)30;1-2/h4-17H,1-3H3;1-2H3. The van der Waals surface area contributed by atoms with Gasteiger partial charge in [-0.15, -0.1) is 0 Å². The Kier molecular flexibility index (Phi) is 4.97. The molecule has 160 valence electrons. The Morgan fingerprint density at radius 3 is 1.94 bits per heavy atom. The van der Waals surface area contributed by atoms with Gasteiger partial charge in [0, 0.05) is 35.1 Å². The predicted molar refractivity (Wildman–Crippen MR) is 138 cm³/mol. The van der Waals surface area contributed by atoms with Crippen LogP contribution in [0, 0.1) is 0 Å². The first-order valence-electron chi connectivity index (χ1n) is 11.5. The van der Waals surface area contributed by atoms with Crippen LogP contribution in [0.2, 0.25) is 0 Å². The maximum absolute atomic E-state index is 4.74. The van der Waals surface area contributed by atoms with E-state index in [1.807, 2.05) is 26.1 Å². The van der Waals surface area contributed by atoms with Crippen molar-refractivity contribution in [3.05, 3.63) is 84.6 Å². The third-order valence-electron chi connectivity index (χ3n) is 6.34. The number of pyridine rings is 1. The van der Waals surface area contributed by atoms with Gasteiger partial charge in [-0.2, -0.15) is 0 Å². The first-order chi connectivity index (χ1) is 15.6. The van der Waals surface area contributed by atoms with Gasteiger partial charge < -0.3 is 9.13 Å². The summed E-state index contributed by atoms with van der Waals surface area (Å²) in [4.78, 5) is 4.74. The topological polar surface area (TPSA) is 22.8 Å². The molecular weight excluding hydrogens is 390 g/mol. The van der Waals surface area contributed by atoms with Crippen LogP contribution in [-0.2, 0) is 7.05 Å². The van der Waals surface area contributed by atoms with Crippen molar-refractivity contribution < 1.29 is 0 Å². The minimum atomic E-state index is 0.396. The van der Waals surface area contributed by atoms with Crippen LogP contribution in [0.5, 0.6) is 0 Å². The van der Waals surface area contributed by atoms with Crippen molar-refractivity contribution in [3.63, 3.8) is 0 Å². The molecule has 0 saturated carbocycles. The Bertz CT molecular complexity index is 1530. The summed E-state index contributed by atoms with van der Waals surface area (Å²) in [5.41, 5.74) is 8.52. The summed E-state index contributed by atoms with van der Waals surface area (Å²) in [7, 11) is 2.14. The largest absolute Gasteiger partial charge is 0.342 e. The predicted octanol–water partition coefficient (Wildman–Crippen LogP) is 7.97. The van der Waals surface area contributed by atoms with E-state index in [4.69, 9.17) is 4.98 Å². The van der Waals surface area contributed by atoms with Crippen molar-refractivity contribution in [1.82, 2.24) is 14.1 Å². The van der Waals surface area contributed by atoms with Gasteiger partial charge in [0.1, 0.15) is 0 Å². The van der Waals surface area contributed by atoms with Gasteiger partial charge in [0.05, 0.1) is 27.6 Å². The van der Waals surface area contributed by atoms with Crippen LogP contribution in [0.1, 0.15) is 39.2 Å². The molecule has 6 rings (SSSR count). The van der Waals surface area contributed by atoms with Crippen LogP contribution < -0.4 is 0 Å². The molecule has 0 aliphatic carbocycles. The van der Waals surface area contributed by atoms with Gasteiger partial charge >= 0.3 is 0 Å². The summed E-state index contributed by atoms with van der Waals surface area (Å²) in [5.74, 6) is 0.396. The van der Waals surface area contributed by atoms with Gasteiger partial charge in [0.2, 0.25) is 0 Å². The average Bonchev–Trinajstić information content (AvgIpc) is 3.33. The number of nitrogens with zero attached hydrogens (tertiary/aromatic N) is 3. The van der Waals surface area contributed by atoms with Crippen LogP contribution in [0.4, 0.5) is 0 Å². The Labute approximate surface area is 188 Å². The van der Waals surface area contributed by atoms with E-state index in [-0.39, 0.29) is 0 Å². The Hall–Kier alpha value is -3.59. The molecule has 0 unspecified atom stereocenters. The van der Waals surface area contributed by atoms with Gasteiger partial charge in [0.15, 0.2) is 0 Å². The SMILES string of the molecule is CC.CC(C)c1cc(-n2c3ccccc3c3ccccc32)cc2c1c1ncccc1n2C. The number of rotatable bonds is 2. The highest BCUT2D eigenvalue weighted by Gasteiger charge is 2.19. The fourth-order valence-corrected chi connectivity index (χ4v) is 4.93. The highest BCUT2D eigenvalue weighted by atomic mass is 15.0. The molecule has 0 aliphatic rings. The third-order valence-corrected chi connectivity index (χ3v) is 6.34. The molecule has 3 heteroatoms. The van der Waals surface area contributed by atoms with Gasteiger partial charge in [-0.25, -0.2) is 0 Å². The zero-order valence-electron chi connectivity index (χ0n) is 19.4. The summed E-state index contributed by atoms with van der Waals surface area (Å²) in [5, 5.41) is 3.85. The second-order valence-corrected chi connectivity index (χ2v) is 8.38. The molecule has 3 nitrogen and oxygen atoms in total. The number of para-hydroxylation sites is 2. The number of aryl methyl sites for hydroxylation is 1. The van der Waals surface area contributed by atoms with Gasteiger partial charge in [-0.3, -0.25) is 4.98 Å². The number of benzene rings is 3. The van der Waals surface area contributed by atoms with Crippen LogP contribution >= 0.6 is 0 Å². The molecule has 0 N–H and O–H groups in total. The molecule has 0 atom stereocenters. The van der Waals surface area contributed by atoms with Crippen molar-refractivity contribution in [1.29, 1.82) is 0 Å². The average molecular weight is 420 g/mol. The van der Waals surface area contributed by atoms with Crippen LogP contribution in [0.15, 0.2) is 79.0 Å². The molecule has 3 aromatic carbocycles. The molecule has 0 spiro atoms. The van der Waals surface area contributed by atoms with Gasteiger partial charge in [-0.1, -0.05) is 64.1 Å². The summed E-state index contributed by atoms with van der Waals surface area (Å²) in [6.45, 7) is 8.54. The fourth-order valence-electron chi connectivity index (χ4n) is 4.93. The quantitative estimate of drug-likeness (QED) is 0.279.